The van der Waals surface area contributed by atoms with Crippen molar-refractivity contribution in [2.45, 2.75) is 20.0 Å². The van der Waals surface area contributed by atoms with E-state index in [0.29, 0.717) is 0 Å². The molecule has 1 aromatic carbocycles. The van der Waals surface area contributed by atoms with Crippen LogP contribution >= 0.6 is 12.2 Å². The number of ether oxygens (including phenoxy) is 1. The van der Waals surface area contributed by atoms with Gasteiger partial charge in [-0.15, -0.1) is 0 Å². The summed E-state index contributed by atoms with van der Waals surface area (Å²) >= 11 is 4.69. The Morgan fingerprint density at radius 2 is 2.11 bits per heavy atom. The minimum Gasteiger partial charge on any atom is -0.459 e. The molecule has 0 fully saturated rings. The maximum Gasteiger partial charge on any atom is 0.490 e. The van der Waals surface area contributed by atoms with Crippen LogP contribution in [0.3, 0.4) is 0 Å². The fourth-order valence-electron chi connectivity index (χ4n) is 1.43. The van der Waals surface area contributed by atoms with Crippen molar-refractivity contribution in [2.24, 2.45) is 5.73 Å². The molecule has 0 aliphatic carbocycles. The molecule has 0 spiro atoms. The minimum absolute atomic E-state index is 0.0451. The molecule has 0 bridgehead atoms. The fraction of sp³-hybridized carbons (Fsp3) is 0.273. The molecular weight excluding hydrogens is 267 g/mol. The third-order valence-electron chi connectivity index (χ3n) is 2.17. The van der Waals surface area contributed by atoms with Crippen LogP contribution in [0.5, 0.6) is 0 Å². The zero-order valence-electron chi connectivity index (χ0n) is 10.6. The maximum atomic E-state index is 11.7. The summed E-state index contributed by atoms with van der Waals surface area (Å²) in [4.78, 5) is 11.7. The van der Waals surface area contributed by atoms with E-state index >= 15 is 0 Å². The molecule has 0 unspecified atom stereocenters. The first-order valence-electron chi connectivity index (χ1n) is 5.58. The van der Waals surface area contributed by atoms with E-state index in [9.17, 15) is 14.8 Å². The lowest BCUT2D eigenvalue weighted by molar-refractivity contribution is 0.0378. The monoisotopic (exact) mass is 282 g/mol. The van der Waals surface area contributed by atoms with Crippen molar-refractivity contribution in [2.75, 3.05) is 5.32 Å². The highest BCUT2D eigenvalue weighted by Crippen LogP contribution is 2.11. The number of nitrogens with two attached hydrogens (primary N) is 1. The molecule has 0 atom stereocenters. The number of carbonyl (C=O) groups excluding carboxylic acids is 1. The Kier molecular flexibility index (Phi) is 5.28. The lowest BCUT2D eigenvalue weighted by atomic mass is 9.78. The number of hydrogen-bond donors (Lipinski definition) is 4. The van der Waals surface area contributed by atoms with Crippen molar-refractivity contribution in [3.8, 4) is 0 Å². The standard InChI is InChI=1S/C11H15BN2O4S/c1-6(2)18-10(15)7-3-4-8(12(16)17)9(5-7)14-11(13)19/h3-6,16-17H,1-2H3,(H3,13,14,19). The van der Waals surface area contributed by atoms with Crippen LogP contribution in [0.15, 0.2) is 18.2 Å². The summed E-state index contributed by atoms with van der Waals surface area (Å²) in [5, 5.41) is 21.0. The van der Waals surface area contributed by atoms with E-state index in [0.717, 1.165) is 0 Å². The Morgan fingerprint density at radius 1 is 1.47 bits per heavy atom. The second-order valence-electron chi connectivity index (χ2n) is 4.12. The third kappa shape index (κ3) is 4.51. The summed E-state index contributed by atoms with van der Waals surface area (Å²) in [6, 6.07) is 4.23. The number of anilines is 1. The van der Waals surface area contributed by atoms with Crippen molar-refractivity contribution < 1.29 is 19.6 Å². The van der Waals surface area contributed by atoms with Gasteiger partial charge >= 0.3 is 13.1 Å². The van der Waals surface area contributed by atoms with E-state index in [1.807, 2.05) is 0 Å². The quantitative estimate of drug-likeness (QED) is 0.338. The summed E-state index contributed by atoms with van der Waals surface area (Å²) in [5.74, 6) is -0.514. The fourth-order valence-corrected chi connectivity index (χ4v) is 1.54. The van der Waals surface area contributed by atoms with Crippen LogP contribution < -0.4 is 16.5 Å². The molecule has 1 rings (SSSR count). The second kappa shape index (κ2) is 6.51. The maximum absolute atomic E-state index is 11.7. The highest BCUT2D eigenvalue weighted by atomic mass is 32.1. The van der Waals surface area contributed by atoms with E-state index in [4.69, 9.17) is 10.5 Å². The summed E-state index contributed by atoms with van der Waals surface area (Å²) < 4.78 is 5.04. The number of thiocarbonyl (C=S) groups is 1. The van der Waals surface area contributed by atoms with E-state index in [2.05, 4.69) is 17.5 Å². The van der Waals surface area contributed by atoms with Gasteiger partial charge in [0, 0.05) is 11.2 Å². The molecule has 0 amide bonds. The average molecular weight is 282 g/mol. The zero-order chi connectivity index (χ0) is 14.6. The molecule has 0 radical (unpaired) electrons. The van der Waals surface area contributed by atoms with Crippen LogP contribution in [0.4, 0.5) is 5.69 Å². The van der Waals surface area contributed by atoms with Gasteiger partial charge in [0.15, 0.2) is 5.11 Å². The third-order valence-corrected chi connectivity index (χ3v) is 2.27. The highest BCUT2D eigenvalue weighted by molar-refractivity contribution is 7.80. The van der Waals surface area contributed by atoms with Crippen molar-refractivity contribution in [1.29, 1.82) is 0 Å². The van der Waals surface area contributed by atoms with Gasteiger partial charge in [-0.3, -0.25) is 0 Å². The van der Waals surface area contributed by atoms with Gasteiger partial charge in [-0.05, 0) is 38.2 Å². The molecule has 0 saturated carbocycles. The van der Waals surface area contributed by atoms with Crippen molar-refractivity contribution in [3.63, 3.8) is 0 Å². The smallest absolute Gasteiger partial charge is 0.459 e. The summed E-state index contributed by atoms with van der Waals surface area (Å²) in [6.07, 6.45) is -0.248. The SMILES string of the molecule is CC(C)OC(=O)c1ccc(B(O)O)c(NC(N)=S)c1. The predicted molar refractivity (Wildman–Crippen MR) is 77.2 cm³/mol. The van der Waals surface area contributed by atoms with Gasteiger partial charge in [-0.1, -0.05) is 6.07 Å². The Labute approximate surface area is 116 Å². The lowest BCUT2D eigenvalue weighted by Crippen LogP contribution is -2.35. The van der Waals surface area contributed by atoms with Crippen molar-refractivity contribution in [1.82, 2.24) is 0 Å². The zero-order valence-corrected chi connectivity index (χ0v) is 11.4. The van der Waals surface area contributed by atoms with Gasteiger partial charge < -0.3 is 25.8 Å². The van der Waals surface area contributed by atoms with Crippen LogP contribution in [0.2, 0.25) is 0 Å². The van der Waals surface area contributed by atoms with Crippen LogP contribution in [0.1, 0.15) is 24.2 Å². The van der Waals surface area contributed by atoms with Gasteiger partial charge in [0.2, 0.25) is 0 Å². The van der Waals surface area contributed by atoms with Crippen LogP contribution in [-0.2, 0) is 4.74 Å². The number of rotatable bonds is 4. The molecule has 0 aliphatic heterocycles. The first kappa shape index (κ1) is 15.4. The first-order valence-corrected chi connectivity index (χ1v) is 5.99. The molecule has 8 heteroatoms. The summed E-state index contributed by atoms with van der Waals surface area (Å²) in [6.45, 7) is 3.47. The Bertz CT molecular complexity index is 494. The van der Waals surface area contributed by atoms with Crippen LogP contribution in [0, 0.1) is 0 Å². The molecular formula is C11H15BN2O4S. The lowest BCUT2D eigenvalue weighted by Gasteiger charge is -2.13. The highest BCUT2D eigenvalue weighted by Gasteiger charge is 2.19. The van der Waals surface area contributed by atoms with Gasteiger partial charge in [0.25, 0.3) is 0 Å². The van der Waals surface area contributed by atoms with E-state index in [-0.39, 0.29) is 27.9 Å². The molecule has 102 valence electrons. The first-order chi connectivity index (χ1) is 8.81. The minimum atomic E-state index is -1.70. The second-order valence-corrected chi connectivity index (χ2v) is 4.56. The normalized spacial score (nSPS) is 10.2. The topological polar surface area (TPSA) is 105 Å². The molecule has 1 aromatic rings. The Hall–Kier alpha value is -1.64. The molecule has 0 aliphatic rings. The number of carbonyl (C=O) groups is 1. The number of hydrogen-bond acceptors (Lipinski definition) is 5. The van der Waals surface area contributed by atoms with Gasteiger partial charge in [-0.2, -0.15) is 0 Å². The van der Waals surface area contributed by atoms with Crippen molar-refractivity contribution in [3.05, 3.63) is 23.8 Å². The van der Waals surface area contributed by atoms with Crippen LogP contribution in [0.25, 0.3) is 0 Å². The molecule has 5 N–H and O–H groups in total. The van der Waals surface area contributed by atoms with Crippen molar-refractivity contribution >= 4 is 41.6 Å². The van der Waals surface area contributed by atoms with Gasteiger partial charge in [-0.25, -0.2) is 4.79 Å². The average Bonchev–Trinajstić information content (AvgIpc) is 2.26. The van der Waals surface area contributed by atoms with Crippen LogP contribution in [-0.4, -0.2) is 34.4 Å². The summed E-state index contributed by atoms with van der Waals surface area (Å²) in [7, 11) is -1.70. The van der Waals surface area contributed by atoms with Gasteiger partial charge in [0.05, 0.1) is 11.7 Å². The van der Waals surface area contributed by atoms with Gasteiger partial charge in [0.1, 0.15) is 0 Å². The Morgan fingerprint density at radius 3 is 2.58 bits per heavy atom. The predicted octanol–water partition coefficient (Wildman–Crippen LogP) is -0.413. The molecule has 6 nitrogen and oxygen atoms in total. The molecule has 19 heavy (non-hydrogen) atoms. The Balaban J connectivity index is 3.10. The van der Waals surface area contributed by atoms with E-state index < -0.39 is 13.1 Å². The number of esters is 1. The molecule has 0 heterocycles. The number of benzene rings is 1. The largest absolute Gasteiger partial charge is 0.490 e. The molecule has 0 aromatic heterocycles. The summed E-state index contributed by atoms with van der Waals surface area (Å²) in [5.41, 5.74) is 6.01. The molecule has 0 saturated heterocycles. The van der Waals surface area contributed by atoms with E-state index in [1.54, 1.807) is 13.8 Å². The van der Waals surface area contributed by atoms with E-state index in [1.165, 1.54) is 18.2 Å². The number of nitrogens with one attached hydrogen (secondary N) is 1.